The summed E-state index contributed by atoms with van der Waals surface area (Å²) >= 11 is 1.40. The first-order valence-corrected chi connectivity index (χ1v) is 12.0. The van der Waals surface area contributed by atoms with Gasteiger partial charge in [0.05, 0.1) is 5.75 Å². The van der Waals surface area contributed by atoms with Crippen molar-refractivity contribution in [3.05, 3.63) is 100 Å². The molecule has 3 aromatic carbocycles. The van der Waals surface area contributed by atoms with Gasteiger partial charge in [0.2, 0.25) is 5.91 Å². The summed E-state index contributed by atoms with van der Waals surface area (Å²) in [6.45, 7) is 8.21. The summed E-state index contributed by atoms with van der Waals surface area (Å²) in [6, 6.07) is 22.6. The molecule has 5 nitrogen and oxygen atoms in total. The van der Waals surface area contributed by atoms with Crippen LogP contribution < -0.4 is 5.32 Å². The number of nitrogens with one attached hydrogen (secondary N) is 1. The molecule has 0 saturated heterocycles. The number of rotatable bonds is 7. The maximum Gasteiger partial charge on any atom is 0.234 e. The van der Waals surface area contributed by atoms with Crippen LogP contribution in [0.4, 0.5) is 5.69 Å². The van der Waals surface area contributed by atoms with Crippen molar-refractivity contribution in [3.8, 4) is 5.69 Å². The normalized spacial score (nSPS) is 10.9. The van der Waals surface area contributed by atoms with E-state index in [4.69, 9.17) is 0 Å². The first-order chi connectivity index (χ1) is 15.9. The highest BCUT2D eigenvalue weighted by molar-refractivity contribution is 7.99. The molecule has 1 amide bonds. The van der Waals surface area contributed by atoms with E-state index in [0.29, 0.717) is 11.6 Å². The topological polar surface area (TPSA) is 59.8 Å². The Morgan fingerprint density at radius 3 is 2.27 bits per heavy atom. The van der Waals surface area contributed by atoms with E-state index in [-0.39, 0.29) is 11.7 Å². The summed E-state index contributed by atoms with van der Waals surface area (Å²) in [5, 5.41) is 12.7. The van der Waals surface area contributed by atoms with E-state index in [0.717, 1.165) is 28.3 Å². The van der Waals surface area contributed by atoms with E-state index in [2.05, 4.69) is 64.3 Å². The molecular weight excluding hydrogens is 428 g/mol. The number of anilines is 1. The van der Waals surface area contributed by atoms with E-state index in [1.54, 1.807) is 0 Å². The molecule has 0 aliphatic heterocycles. The largest absolute Gasteiger partial charge is 0.325 e. The van der Waals surface area contributed by atoms with Gasteiger partial charge < -0.3 is 5.32 Å². The van der Waals surface area contributed by atoms with Crippen molar-refractivity contribution in [2.75, 3.05) is 11.1 Å². The Morgan fingerprint density at radius 2 is 1.58 bits per heavy atom. The molecule has 0 aliphatic carbocycles. The number of hydrogen-bond acceptors (Lipinski definition) is 4. The molecule has 4 aromatic rings. The van der Waals surface area contributed by atoms with Gasteiger partial charge in [-0.05, 0) is 67.6 Å². The SMILES string of the molecule is Cc1ccc(-n2c(Cc3ccccc3)nnc2SCC(=O)Nc2c(C)cccc2C)cc1C. The van der Waals surface area contributed by atoms with Crippen molar-refractivity contribution >= 4 is 23.4 Å². The Bertz CT molecular complexity index is 1260. The van der Waals surface area contributed by atoms with Gasteiger partial charge >= 0.3 is 0 Å². The van der Waals surface area contributed by atoms with Crippen LogP contribution in [0.1, 0.15) is 33.6 Å². The van der Waals surface area contributed by atoms with Crippen LogP contribution in [0.2, 0.25) is 0 Å². The molecule has 1 aromatic heterocycles. The van der Waals surface area contributed by atoms with E-state index >= 15 is 0 Å². The molecule has 0 radical (unpaired) electrons. The highest BCUT2D eigenvalue weighted by Gasteiger charge is 2.17. The van der Waals surface area contributed by atoms with Crippen molar-refractivity contribution in [3.63, 3.8) is 0 Å². The zero-order chi connectivity index (χ0) is 23.4. The van der Waals surface area contributed by atoms with Gasteiger partial charge in [-0.2, -0.15) is 0 Å². The average molecular weight is 457 g/mol. The fourth-order valence-electron chi connectivity index (χ4n) is 3.73. The van der Waals surface area contributed by atoms with Gasteiger partial charge in [-0.3, -0.25) is 9.36 Å². The molecular formula is C27H28N4OS. The number of thioether (sulfide) groups is 1. The van der Waals surface area contributed by atoms with Crippen molar-refractivity contribution in [2.45, 2.75) is 39.3 Å². The third-order valence-corrected chi connectivity index (χ3v) is 6.66. The number of aryl methyl sites for hydroxylation is 4. The van der Waals surface area contributed by atoms with Gasteiger partial charge in [-0.25, -0.2) is 0 Å². The second-order valence-corrected chi connectivity index (χ2v) is 9.21. The molecule has 4 rings (SSSR count). The molecule has 0 saturated carbocycles. The van der Waals surface area contributed by atoms with Crippen molar-refractivity contribution in [1.29, 1.82) is 0 Å². The molecule has 0 spiro atoms. The molecule has 168 valence electrons. The average Bonchev–Trinajstić information content (AvgIpc) is 3.20. The summed E-state index contributed by atoms with van der Waals surface area (Å²) in [4.78, 5) is 12.7. The number of para-hydroxylation sites is 1. The summed E-state index contributed by atoms with van der Waals surface area (Å²) < 4.78 is 2.07. The molecule has 0 fully saturated rings. The Hall–Kier alpha value is -3.38. The van der Waals surface area contributed by atoms with Gasteiger partial charge in [-0.1, -0.05) is 66.4 Å². The Morgan fingerprint density at radius 1 is 0.848 bits per heavy atom. The van der Waals surface area contributed by atoms with Gasteiger partial charge in [0, 0.05) is 17.8 Å². The number of amides is 1. The summed E-state index contributed by atoms with van der Waals surface area (Å²) in [6.07, 6.45) is 0.663. The zero-order valence-corrected chi connectivity index (χ0v) is 20.2. The third kappa shape index (κ3) is 5.34. The quantitative estimate of drug-likeness (QED) is 0.356. The molecule has 1 N–H and O–H groups in total. The number of carbonyl (C=O) groups is 1. The molecule has 33 heavy (non-hydrogen) atoms. The van der Waals surface area contributed by atoms with E-state index in [1.165, 1.54) is 28.5 Å². The lowest BCUT2D eigenvalue weighted by Gasteiger charge is -2.13. The fraction of sp³-hybridized carbons (Fsp3) is 0.222. The van der Waals surface area contributed by atoms with Gasteiger partial charge in [0.25, 0.3) is 0 Å². The standard InChI is InChI=1S/C27H28N4OS/c1-18-13-14-23(15-21(18)4)31-24(16-22-11-6-5-7-12-22)29-30-27(31)33-17-25(32)28-26-19(2)9-8-10-20(26)3/h5-15H,16-17H2,1-4H3,(H,28,32). The number of aromatic nitrogens is 3. The van der Waals surface area contributed by atoms with Gasteiger partial charge in [0.15, 0.2) is 5.16 Å². The molecule has 6 heteroatoms. The number of benzene rings is 3. The van der Waals surface area contributed by atoms with Crippen LogP contribution in [0.5, 0.6) is 0 Å². The number of hydrogen-bond donors (Lipinski definition) is 1. The lowest BCUT2D eigenvalue weighted by atomic mass is 10.1. The van der Waals surface area contributed by atoms with Gasteiger partial charge in [0.1, 0.15) is 5.82 Å². The van der Waals surface area contributed by atoms with Crippen LogP contribution in [0.15, 0.2) is 71.9 Å². The summed E-state index contributed by atoms with van der Waals surface area (Å²) in [7, 11) is 0. The minimum absolute atomic E-state index is 0.0587. The summed E-state index contributed by atoms with van der Waals surface area (Å²) in [5.74, 6) is 1.04. The fourth-order valence-corrected chi connectivity index (χ4v) is 4.50. The highest BCUT2D eigenvalue weighted by atomic mass is 32.2. The predicted molar refractivity (Wildman–Crippen MR) is 135 cm³/mol. The van der Waals surface area contributed by atoms with Crippen molar-refractivity contribution in [1.82, 2.24) is 14.8 Å². The number of carbonyl (C=O) groups excluding carboxylic acids is 1. The van der Waals surface area contributed by atoms with E-state index < -0.39 is 0 Å². The lowest BCUT2D eigenvalue weighted by Crippen LogP contribution is -2.16. The lowest BCUT2D eigenvalue weighted by molar-refractivity contribution is -0.113. The second kappa shape index (κ2) is 10.0. The predicted octanol–water partition coefficient (Wildman–Crippen LogP) is 5.82. The van der Waals surface area contributed by atoms with Crippen LogP contribution in [-0.4, -0.2) is 26.4 Å². The maximum absolute atomic E-state index is 12.7. The van der Waals surface area contributed by atoms with Crippen LogP contribution in [0, 0.1) is 27.7 Å². The van der Waals surface area contributed by atoms with Crippen molar-refractivity contribution < 1.29 is 4.79 Å². The summed E-state index contributed by atoms with van der Waals surface area (Å²) in [5.41, 5.74) is 7.59. The molecule has 0 unspecified atom stereocenters. The zero-order valence-electron chi connectivity index (χ0n) is 19.4. The van der Waals surface area contributed by atoms with E-state index in [9.17, 15) is 4.79 Å². The Balaban J connectivity index is 1.59. The molecule has 0 bridgehead atoms. The first kappa shape index (κ1) is 22.8. The monoisotopic (exact) mass is 456 g/mol. The number of nitrogens with zero attached hydrogens (tertiary/aromatic N) is 3. The highest BCUT2D eigenvalue weighted by Crippen LogP contribution is 2.26. The van der Waals surface area contributed by atoms with Gasteiger partial charge in [-0.15, -0.1) is 10.2 Å². The van der Waals surface area contributed by atoms with Crippen LogP contribution in [0.25, 0.3) is 5.69 Å². The van der Waals surface area contributed by atoms with Crippen LogP contribution in [0.3, 0.4) is 0 Å². The smallest absolute Gasteiger partial charge is 0.234 e. The van der Waals surface area contributed by atoms with Crippen LogP contribution in [-0.2, 0) is 11.2 Å². The minimum atomic E-state index is -0.0587. The molecule has 0 aliphatic rings. The Labute approximate surface area is 199 Å². The molecule has 1 heterocycles. The van der Waals surface area contributed by atoms with Crippen LogP contribution >= 0.6 is 11.8 Å². The maximum atomic E-state index is 12.7. The molecule has 0 atom stereocenters. The first-order valence-electron chi connectivity index (χ1n) is 11.0. The minimum Gasteiger partial charge on any atom is -0.325 e. The third-order valence-electron chi connectivity index (χ3n) is 5.73. The second-order valence-electron chi connectivity index (χ2n) is 8.27. The van der Waals surface area contributed by atoms with Crippen molar-refractivity contribution in [2.24, 2.45) is 0 Å². The Kier molecular flexibility index (Phi) is 6.94. The van der Waals surface area contributed by atoms with E-state index in [1.807, 2.05) is 50.2 Å².